The third kappa shape index (κ3) is 5.38. The quantitative estimate of drug-likeness (QED) is 0.175. The number of aromatic nitrogens is 8. The molecule has 242 valence electrons. The van der Waals surface area contributed by atoms with Gasteiger partial charge in [0.1, 0.15) is 42.1 Å². The summed E-state index contributed by atoms with van der Waals surface area (Å²) in [5.74, 6) is -0.677. The monoisotopic (exact) mass is 673 g/mol. The summed E-state index contributed by atoms with van der Waals surface area (Å²) >= 11 is 0. The van der Waals surface area contributed by atoms with Gasteiger partial charge in [-0.25, -0.2) is 38.4 Å². The number of fused-ring (bicyclic) bond motifs is 4. The van der Waals surface area contributed by atoms with Crippen molar-refractivity contribution in [1.82, 2.24) is 39.0 Å². The first-order valence-corrected chi connectivity index (χ1v) is 16.5. The Morgan fingerprint density at radius 3 is 2.47 bits per heavy atom. The summed E-state index contributed by atoms with van der Waals surface area (Å²) < 4.78 is 71.3. The number of phosphoric ester groups is 2. The number of anilines is 1. The maximum atomic E-state index is 15.9. The van der Waals surface area contributed by atoms with Gasteiger partial charge in [0.15, 0.2) is 35.0 Å². The number of hydrogen-bond acceptors (Lipinski definition) is 15. The molecular weight excluding hydrogens is 647 g/mol. The van der Waals surface area contributed by atoms with Crippen molar-refractivity contribution in [2.75, 3.05) is 18.9 Å². The smallest absolute Gasteiger partial charge is 0.388 e. The average Bonchev–Trinajstić information content (AvgIpc) is 3.72. The molecule has 1 aliphatic carbocycles. The van der Waals surface area contributed by atoms with Crippen molar-refractivity contribution < 1.29 is 51.2 Å². The highest BCUT2D eigenvalue weighted by molar-refractivity contribution is 7.47. The van der Waals surface area contributed by atoms with E-state index in [0.717, 1.165) is 10.9 Å². The Balaban J connectivity index is 1.17. The predicted octanol–water partition coefficient (Wildman–Crippen LogP) is 0.0255. The third-order valence-corrected chi connectivity index (χ3v) is 9.91. The fraction of sp³-hybridized carbons (Fsp3) is 0.545. The minimum absolute atomic E-state index is 0.0105. The van der Waals surface area contributed by atoms with Gasteiger partial charge < -0.3 is 34.9 Å². The van der Waals surface area contributed by atoms with Crippen LogP contribution >= 0.6 is 15.6 Å². The van der Waals surface area contributed by atoms with Crippen LogP contribution in [0.15, 0.2) is 23.8 Å². The van der Waals surface area contributed by atoms with Crippen LogP contribution in [0.4, 0.5) is 10.2 Å². The summed E-state index contributed by atoms with van der Waals surface area (Å²) in [4.78, 5) is 56.3. The van der Waals surface area contributed by atoms with Gasteiger partial charge in [-0.1, -0.05) is 0 Å². The van der Waals surface area contributed by atoms with Gasteiger partial charge in [-0.15, -0.1) is 0 Å². The van der Waals surface area contributed by atoms with E-state index >= 15 is 4.39 Å². The molecule has 4 unspecified atom stereocenters. The number of ether oxygens (including phenoxy) is 1. The van der Waals surface area contributed by atoms with Crippen molar-refractivity contribution in [3.8, 4) is 0 Å². The summed E-state index contributed by atoms with van der Waals surface area (Å²) in [6.07, 6.45) is -6.52. The molecule has 0 amide bonds. The molecule has 45 heavy (non-hydrogen) atoms. The van der Waals surface area contributed by atoms with E-state index in [1.165, 1.54) is 24.1 Å². The third-order valence-electron chi connectivity index (χ3n) is 7.94. The van der Waals surface area contributed by atoms with Crippen LogP contribution < -0.4 is 11.3 Å². The largest absolute Gasteiger partial charge is 0.472 e. The number of alkyl halides is 1. The zero-order valence-corrected chi connectivity index (χ0v) is 24.8. The van der Waals surface area contributed by atoms with Crippen molar-refractivity contribution in [2.45, 2.75) is 56.2 Å². The lowest BCUT2D eigenvalue weighted by Crippen LogP contribution is -2.36. The molecule has 10 atom stereocenters. The van der Waals surface area contributed by atoms with Gasteiger partial charge in [-0.2, -0.15) is 0 Å². The predicted molar refractivity (Wildman–Crippen MR) is 146 cm³/mol. The Kier molecular flexibility index (Phi) is 7.40. The minimum Gasteiger partial charge on any atom is -0.388 e. The number of H-pyrrole nitrogens is 1. The van der Waals surface area contributed by atoms with E-state index in [1.54, 1.807) is 0 Å². The van der Waals surface area contributed by atoms with Crippen LogP contribution in [0.2, 0.25) is 0 Å². The number of aromatic amines is 1. The van der Waals surface area contributed by atoms with Crippen molar-refractivity contribution in [2.24, 2.45) is 5.92 Å². The first-order valence-electron chi connectivity index (χ1n) is 13.5. The molecule has 7 rings (SSSR count). The van der Waals surface area contributed by atoms with Crippen molar-refractivity contribution in [1.29, 1.82) is 0 Å². The number of phosphoric acid groups is 2. The van der Waals surface area contributed by atoms with Crippen molar-refractivity contribution in [3.05, 3.63) is 35.2 Å². The first-order chi connectivity index (χ1) is 21.3. The molecule has 0 spiro atoms. The number of aliphatic hydroxyl groups is 1. The van der Waals surface area contributed by atoms with Gasteiger partial charge in [-0.05, 0) is 13.3 Å². The zero-order chi connectivity index (χ0) is 31.8. The fourth-order valence-electron chi connectivity index (χ4n) is 5.91. The molecule has 20 nitrogen and oxygen atoms in total. The second-order valence-electron chi connectivity index (χ2n) is 10.8. The molecule has 23 heteroatoms. The number of halogens is 1. The van der Waals surface area contributed by atoms with Crippen molar-refractivity contribution in [3.63, 3.8) is 0 Å². The highest BCUT2D eigenvalue weighted by atomic mass is 31.2. The van der Waals surface area contributed by atoms with E-state index < -0.39 is 83.2 Å². The fourth-order valence-corrected chi connectivity index (χ4v) is 7.91. The van der Waals surface area contributed by atoms with Crippen LogP contribution in [0.3, 0.4) is 0 Å². The van der Waals surface area contributed by atoms with Crippen molar-refractivity contribution >= 4 is 43.8 Å². The Hall–Kier alpha value is -3.23. The van der Waals surface area contributed by atoms with E-state index in [0.29, 0.717) is 0 Å². The molecule has 0 aromatic carbocycles. The average molecular weight is 673 g/mol. The summed E-state index contributed by atoms with van der Waals surface area (Å²) in [6.45, 7) is 0.0278. The lowest BCUT2D eigenvalue weighted by molar-refractivity contribution is -0.0592. The molecule has 2 aliphatic heterocycles. The number of nitrogen functional groups attached to an aromatic ring is 1. The number of rotatable bonds is 2. The molecule has 0 radical (unpaired) electrons. The molecule has 6 heterocycles. The molecule has 3 fully saturated rings. The number of nitrogens with two attached hydrogens (primary N) is 1. The van der Waals surface area contributed by atoms with Crippen LogP contribution in [0.25, 0.3) is 22.3 Å². The first kappa shape index (κ1) is 30.4. The van der Waals surface area contributed by atoms with Crippen LogP contribution in [0.5, 0.6) is 0 Å². The maximum Gasteiger partial charge on any atom is 0.472 e. The SMILES string of the molecule is Cc1nc2c(ncn2[C@@H]2O[C@@H]3COP(=O)(O)O[C@@H]4C(O)[C@H](n5cnc6c(N)ncnc65)C[C@@H]4COP(=O)(O)O[C@@H]3C2F)c(=O)[nH]1. The highest BCUT2D eigenvalue weighted by Crippen LogP contribution is 2.55. The summed E-state index contributed by atoms with van der Waals surface area (Å²) in [5.41, 5.74) is 5.63. The van der Waals surface area contributed by atoms with Gasteiger partial charge in [0.2, 0.25) is 0 Å². The Bertz CT molecular complexity index is 1940. The molecule has 3 aliphatic rings. The van der Waals surface area contributed by atoms with Crippen LogP contribution in [-0.4, -0.2) is 97.7 Å². The van der Waals surface area contributed by atoms with E-state index in [1.807, 2.05) is 0 Å². The van der Waals surface area contributed by atoms with Gasteiger partial charge in [0.05, 0.1) is 31.9 Å². The molecule has 0 bridgehead atoms. The summed E-state index contributed by atoms with van der Waals surface area (Å²) in [5, 5.41) is 11.2. The minimum atomic E-state index is -5.04. The van der Waals surface area contributed by atoms with Crippen LogP contribution in [0.1, 0.15) is 24.5 Å². The van der Waals surface area contributed by atoms with Crippen LogP contribution in [-0.2, 0) is 32.0 Å². The summed E-state index contributed by atoms with van der Waals surface area (Å²) in [7, 11) is -10.0. The highest BCUT2D eigenvalue weighted by Gasteiger charge is 2.54. The van der Waals surface area contributed by atoms with E-state index in [2.05, 4.69) is 29.9 Å². The maximum absolute atomic E-state index is 15.9. The standard InChI is InChI=1S/C22H26FN9O11P2/c1-8-29-20-14(21(34)30-8)28-7-32(20)22-12(23)17-11(41-22)4-40-45(37,38)42-16-9(3-39-44(35,36)43-17)2-10(15(16)33)31-6-27-13-18(24)25-5-26-19(13)31/h5-7,9-12,15-17,22,33H,2-4H2,1H3,(H,35,36)(H,37,38)(H2,24,25,26)(H,29,30,34)/t9-,10-,11-,12?,15?,16+,17+,22-/m1/s1. The Labute approximate surface area is 250 Å². The topological polar surface area (TPSA) is 274 Å². The second kappa shape index (κ2) is 10.9. The second-order valence-corrected chi connectivity index (χ2v) is 13.6. The normalized spacial score (nSPS) is 37.7. The number of hydrogen-bond donors (Lipinski definition) is 5. The number of aliphatic hydroxyl groups excluding tert-OH is 1. The van der Waals surface area contributed by atoms with Gasteiger partial charge in [-0.3, -0.25) is 27.5 Å². The Morgan fingerprint density at radius 2 is 1.69 bits per heavy atom. The molecular formula is C22H26FN9O11P2. The molecule has 4 aromatic heterocycles. The number of imidazole rings is 2. The molecule has 4 aromatic rings. The van der Waals surface area contributed by atoms with Gasteiger partial charge >= 0.3 is 15.6 Å². The lowest BCUT2D eigenvalue weighted by Gasteiger charge is -2.28. The van der Waals surface area contributed by atoms with E-state index in [4.69, 9.17) is 28.6 Å². The number of aryl methyl sites for hydroxylation is 1. The number of nitrogens with zero attached hydrogens (tertiary/aromatic N) is 7. The van der Waals surface area contributed by atoms with E-state index in [9.17, 15) is 28.8 Å². The van der Waals surface area contributed by atoms with Gasteiger partial charge in [0, 0.05) is 5.92 Å². The molecule has 6 N–H and O–H groups in total. The number of nitrogens with one attached hydrogen (secondary N) is 1. The van der Waals surface area contributed by atoms with E-state index in [-0.39, 0.29) is 40.4 Å². The molecule has 1 saturated carbocycles. The molecule has 2 saturated heterocycles. The zero-order valence-electron chi connectivity index (χ0n) is 23.1. The van der Waals surface area contributed by atoms with Crippen LogP contribution in [0, 0.1) is 12.8 Å². The summed E-state index contributed by atoms with van der Waals surface area (Å²) in [6, 6.07) is -0.861. The lowest BCUT2D eigenvalue weighted by atomic mass is 10.1. The van der Waals surface area contributed by atoms with Gasteiger partial charge in [0.25, 0.3) is 5.56 Å². The Morgan fingerprint density at radius 1 is 1.00 bits per heavy atom.